The lowest BCUT2D eigenvalue weighted by atomic mass is 10.2. The van der Waals surface area contributed by atoms with E-state index in [2.05, 4.69) is 0 Å². The molecule has 5 heteroatoms. The fourth-order valence-corrected chi connectivity index (χ4v) is 2.38. The van der Waals surface area contributed by atoms with E-state index in [-0.39, 0.29) is 25.1 Å². The van der Waals surface area contributed by atoms with Gasteiger partial charge in [-0.05, 0) is 5.56 Å². The van der Waals surface area contributed by atoms with Crippen LogP contribution in [0.4, 0.5) is 0 Å². The highest BCUT2D eigenvalue weighted by atomic mass is 32.2. The summed E-state index contributed by atoms with van der Waals surface area (Å²) in [7, 11) is 0. The summed E-state index contributed by atoms with van der Waals surface area (Å²) < 4.78 is 5.21. The molecule has 1 aromatic carbocycles. The zero-order valence-corrected chi connectivity index (χ0v) is 11.8. The van der Waals surface area contributed by atoms with Crippen molar-refractivity contribution < 1.29 is 19.7 Å². The monoisotopic (exact) mass is 284 g/mol. The van der Waals surface area contributed by atoms with Crippen molar-refractivity contribution in [2.24, 2.45) is 5.92 Å². The van der Waals surface area contributed by atoms with Gasteiger partial charge in [0.1, 0.15) is 6.61 Å². The number of benzene rings is 1. The summed E-state index contributed by atoms with van der Waals surface area (Å²) in [6.45, 7) is 1.83. The van der Waals surface area contributed by atoms with Crippen molar-refractivity contribution in [1.82, 2.24) is 0 Å². The van der Waals surface area contributed by atoms with Gasteiger partial charge in [0.25, 0.3) is 0 Å². The van der Waals surface area contributed by atoms with Crippen molar-refractivity contribution in [3.8, 4) is 0 Å². The summed E-state index contributed by atoms with van der Waals surface area (Å²) in [5.41, 5.74) is 0.964. The van der Waals surface area contributed by atoms with Gasteiger partial charge in [-0.15, -0.1) is 0 Å². The topological polar surface area (TPSA) is 66.8 Å². The first-order chi connectivity index (χ1) is 9.13. The molecule has 0 heterocycles. The lowest BCUT2D eigenvalue weighted by Crippen LogP contribution is -2.20. The van der Waals surface area contributed by atoms with Crippen LogP contribution in [0.5, 0.6) is 0 Å². The molecule has 2 atom stereocenters. The molecule has 0 aliphatic rings. The minimum atomic E-state index is -0.725. The maximum atomic E-state index is 11.7. The maximum Gasteiger partial charge on any atom is 0.309 e. The fourth-order valence-electron chi connectivity index (χ4n) is 1.37. The maximum absolute atomic E-state index is 11.7. The first-order valence-corrected chi connectivity index (χ1v) is 7.36. The van der Waals surface area contributed by atoms with Gasteiger partial charge in [0, 0.05) is 11.5 Å². The molecule has 1 aromatic rings. The van der Waals surface area contributed by atoms with Crippen molar-refractivity contribution in [1.29, 1.82) is 0 Å². The summed E-state index contributed by atoms with van der Waals surface area (Å²) in [5, 5.41) is 17.8. The molecule has 0 amide bonds. The number of hydrogen-bond acceptors (Lipinski definition) is 5. The summed E-state index contributed by atoms with van der Waals surface area (Å²) in [6.07, 6.45) is -0.725. The van der Waals surface area contributed by atoms with Gasteiger partial charge in [-0.25, -0.2) is 0 Å². The molecule has 0 aliphatic carbocycles. The Morgan fingerprint density at radius 3 is 2.63 bits per heavy atom. The van der Waals surface area contributed by atoms with Crippen LogP contribution in [0.25, 0.3) is 0 Å². The molecule has 4 nitrogen and oxygen atoms in total. The second-order valence-corrected chi connectivity index (χ2v) is 5.44. The molecule has 1 rings (SSSR count). The second-order valence-electron chi connectivity index (χ2n) is 4.37. The average Bonchev–Trinajstić information content (AvgIpc) is 2.45. The largest absolute Gasteiger partial charge is 0.461 e. The van der Waals surface area contributed by atoms with E-state index in [1.807, 2.05) is 30.3 Å². The molecule has 2 N–H and O–H groups in total. The van der Waals surface area contributed by atoms with E-state index in [0.29, 0.717) is 11.5 Å². The lowest BCUT2D eigenvalue weighted by Gasteiger charge is -2.12. The van der Waals surface area contributed by atoms with Gasteiger partial charge >= 0.3 is 5.97 Å². The minimum absolute atomic E-state index is 0.223. The third-order valence-corrected chi connectivity index (χ3v) is 3.87. The van der Waals surface area contributed by atoms with Crippen LogP contribution in [-0.4, -0.2) is 40.4 Å². The van der Waals surface area contributed by atoms with Gasteiger partial charge in [0.2, 0.25) is 0 Å². The summed E-state index contributed by atoms with van der Waals surface area (Å²) in [4.78, 5) is 11.7. The van der Waals surface area contributed by atoms with Crippen LogP contribution in [0.2, 0.25) is 0 Å². The Morgan fingerprint density at radius 1 is 1.32 bits per heavy atom. The van der Waals surface area contributed by atoms with Crippen LogP contribution in [0.1, 0.15) is 12.5 Å². The van der Waals surface area contributed by atoms with Crippen LogP contribution in [-0.2, 0) is 16.1 Å². The molecule has 0 spiro atoms. The summed E-state index contributed by atoms with van der Waals surface area (Å²) >= 11 is 1.43. The Morgan fingerprint density at radius 2 is 2.00 bits per heavy atom. The van der Waals surface area contributed by atoms with Gasteiger partial charge in [0.15, 0.2) is 0 Å². The average molecular weight is 284 g/mol. The predicted molar refractivity (Wildman–Crippen MR) is 75.8 cm³/mol. The van der Waals surface area contributed by atoms with Crippen molar-refractivity contribution in [2.45, 2.75) is 19.6 Å². The Bertz CT molecular complexity index is 369. The van der Waals surface area contributed by atoms with E-state index in [9.17, 15) is 9.90 Å². The molecule has 0 saturated heterocycles. The molecular weight excluding hydrogens is 264 g/mol. The zero-order chi connectivity index (χ0) is 14.1. The third kappa shape index (κ3) is 6.61. The molecule has 0 radical (unpaired) electrons. The number of thioether (sulfide) groups is 1. The van der Waals surface area contributed by atoms with Crippen LogP contribution in [0, 0.1) is 5.92 Å². The molecule has 0 fully saturated rings. The van der Waals surface area contributed by atoms with Gasteiger partial charge in [0.05, 0.1) is 18.6 Å². The minimum Gasteiger partial charge on any atom is -0.461 e. The number of ether oxygens (including phenoxy) is 1. The van der Waals surface area contributed by atoms with Crippen LogP contribution in [0.15, 0.2) is 30.3 Å². The molecule has 0 bridgehead atoms. The molecule has 0 aromatic heterocycles. The van der Waals surface area contributed by atoms with Gasteiger partial charge < -0.3 is 14.9 Å². The highest BCUT2D eigenvalue weighted by Crippen LogP contribution is 2.12. The molecule has 106 valence electrons. The Hall–Kier alpha value is -1.04. The standard InChI is InChI=1S/C14H20O4S/c1-11(9-19-10-13(16)7-15)14(17)18-8-12-5-3-2-4-6-12/h2-6,11,13,15-16H,7-10H2,1H3. The van der Waals surface area contributed by atoms with Crippen LogP contribution >= 0.6 is 11.8 Å². The van der Waals surface area contributed by atoms with E-state index in [1.165, 1.54) is 11.8 Å². The lowest BCUT2D eigenvalue weighted by molar-refractivity contribution is -0.148. The normalized spacial score (nSPS) is 13.8. The second kappa shape index (κ2) is 8.96. The zero-order valence-electron chi connectivity index (χ0n) is 11.0. The molecule has 0 aliphatic heterocycles. The SMILES string of the molecule is CC(CSCC(O)CO)C(=O)OCc1ccccc1. The Labute approximate surface area is 117 Å². The van der Waals surface area contributed by atoms with E-state index < -0.39 is 6.10 Å². The molecule has 19 heavy (non-hydrogen) atoms. The molecular formula is C14H20O4S. The smallest absolute Gasteiger partial charge is 0.309 e. The fraction of sp³-hybridized carbons (Fsp3) is 0.500. The van der Waals surface area contributed by atoms with Gasteiger partial charge in [-0.3, -0.25) is 4.79 Å². The Kier molecular flexibility index (Phi) is 7.55. The molecule has 2 unspecified atom stereocenters. The third-order valence-electron chi connectivity index (χ3n) is 2.52. The number of hydrogen-bond donors (Lipinski definition) is 2. The van der Waals surface area contributed by atoms with Crippen molar-refractivity contribution in [2.75, 3.05) is 18.1 Å². The van der Waals surface area contributed by atoms with E-state index in [0.717, 1.165) is 5.56 Å². The van der Waals surface area contributed by atoms with Gasteiger partial charge in [-0.1, -0.05) is 37.3 Å². The highest BCUT2D eigenvalue weighted by molar-refractivity contribution is 7.99. The van der Waals surface area contributed by atoms with Crippen LogP contribution < -0.4 is 0 Å². The number of aliphatic hydroxyl groups excluding tert-OH is 2. The van der Waals surface area contributed by atoms with Gasteiger partial charge in [-0.2, -0.15) is 11.8 Å². The number of aliphatic hydroxyl groups is 2. The number of carbonyl (C=O) groups is 1. The van der Waals surface area contributed by atoms with E-state index in [4.69, 9.17) is 9.84 Å². The first-order valence-electron chi connectivity index (χ1n) is 6.20. The van der Waals surface area contributed by atoms with Crippen molar-refractivity contribution in [3.05, 3.63) is 35.9 Å². The van der Waals surface area contributed by atoms with E-state index in [1.54, 1.807) is 6.92 Å². The Balaban J connectivity index is 2.21. The number of esters is 1. The summed E-state index contributed by atoms with van der Waals surface area (Å²) in [5.74, 6) is 0.534. The first kappa shape index (κ1) is 16.0. The highest BCUT2D eigenvalue weighted by Gasteiger charge is 2.15. The predicted octanol–water partition coefficient (Wildman–Crippen LogP) is 1.45. The quantitative estimate of drug-likeness (QED) is 0.707. The van der Waals surface area contributed by atoms with Crippen molar-refractivity contribution in [3.63, 3.8) is 0 Å². The summed E-state index contributed by atoms with van der Waals surface area (Å²) in [6, 6.07) is 9.53. The number of rotatable bonds is 8. The molecule has 0 saturated carbocycles. The van der Waals surface area contributed by atoms with Crippen molar-refractivity contribution >= 4 is 17.7 Å². The number of carbonyl (C=O) groups excluding carboxylic acids is 1. The van der Waals surface area contributed by atoms with E-state index >= 15 is 0 Å². The van der Waals surface area contributed by atoms with Crippen LogP contribution in [0.3, 0.4) is 0 Å².